The van der Waals surface area contributed by atoms with Crippen molar-refractivity contribution < 1.29 is 19.0 Å². The highest BCUT2D eigenvalue weighted by atomic mass is 35.5. The fourth-order valence-corrected chi connectivity index (χ4v) is 2.77. The number of methoxy groups -OCH3 is 2. The van der Waals surface area contributed by atoms with E-state index in [1.165, 1.54) is 5.56 Å². The Bertz CT molecular complexity index is 774. The van der Waals surface area contributed by atoms with Gasteiger partial charge in [-0.25, -0.2) is 0 Å². The van der Waals surface area contributed by atoms with E-state index in [0.717, 1.165) is 5.56 Å². The maximum absolute atomic E-state index is 12.3. The molecule has 1 atom stereocenters. The Morgan fingerprint density at radius 1 is 1.04 bits per heavy atom. The van der Waals surface area contributed by atoms with Crippen LogP contribution < -0.4 is 19.5 Å². The molecule has 0 saturated carbocycles. The second-order valence-corrected chi connectivity index (χ2v) is 6.91. The van der Waals surface area contributed by atoms with Crippen molar-refractivity contribution in [2.24, 2.45) is 0 Å². The van der Waals surface area contributed by atoms with Gasteiger partial charge in [0.05, 0.1) is 14.2 Å². The van der Waals surface area contributed by atoms with E-state index in [9.17, 15) is 4.79 Å². The van der Waals surface area contributed by atoms with E-state index in [2.05, 4.69) is 19.2 Å². The van der Waals surface area contributed by atoms with Crippen LogP contribution in [0.3, 0.4) is 0 Å². The van der Waals surface area contributed by atoms with Crippen LogP contribution in [0.4, 0.5) is 0 Å². The minimum atomic E-state index is -0.631. The standard InChI is InChI=1S/C21H26ClNO4/c1-13(2)15-6-8-17(9-7-15)27-14(3)21(24)23-12-16-10-19(25-4)20(26-5)11-18(16)22/h6-11,13-14H,12H2,1-5H3,(H,23,24). The van der Waals surface area contributed by atoms with Crippen molar-refractivity contribution in [1.82, 2.24) is 5.32 Å². The summed E-state index contributed by atoms with van der Waals surface area (Å²) in [6, 6.07) is 11.2. The Labute approximate surface area is 165 Å². The molecule has 0 saturated heterocycles. The van der Waals surface area contributed by atoms with Gasteiger partial charge in [0, 0.05) is 17.6 Å². The second-order valence-electron chi connectivity index (χ2n) is 6.50. The molecule has 0 aliphatic heterocycles. The molecule has 0 bridgehead atoms. The molecule has 27 heavy (non-hydrogen) atoms. The molecule has 0 heterocycles. The molecular weight excluding hydrogens is 366 g/mol. The van der Waals surface area contributed by atoms with Gasteiger partial charge in [-0.15, -0.1) is 0 Å². The number of halogens is 1. The van der Waals surface area contributed by atoms with Crippen molar-refractivity contribution in [2.75, 3.05) is 14.2 Å². The van der Waals surface area contributed by atoms with Gasteiger partial charge < -0.3 is 19.5 Å². The molecule has 1 N–H and O–H groups in total. The lowest BCUT2D eigenvalue weighted by atomic mass is 10.0. The average Bonchev–Trinajstić information content (AvgIpc) is 2.66. The average molecular weight is 392 g/mol. The van der Waals surface area contributed by atoms with Gasteiger partial charge in [0.2, 0.25) is 0 Å². The van der Waals surface area contributed by atoms with E-state index in [-0.39, 0.29) is 12.5 Å². The number of carbonyl (C=O) groups is 1. The molecule has 1 unspecified atom stereocenters. The van der Waals surface area contributed by atoms with E-state index in [1.54, 1.807) is 33.3 Å². The highest BCUT2D eigenvalue weighted by Gasteiger charge is 2.16. The SMILES string of the molecule is COc1cc(Cl)c(CNC(=O)C(C)Oc2ccc(C(C)C)cc2)cc1OC. The van der Waals surface area contributed by atoms with Gasteiger partial charge >= 0.3 is 0 Å². The highest BCUT2D eigenvalue weighted by molar-refractivity contribution is 6.31. The molecule has 2 aromatic rings. The van der Waals surface area contributed by atoms with Gasteiger partial charge in [0.15, 0.2) is 17.6 Å². The number of carbonyl (C=O) groups excluding carboxylic acids is 1. The van der Waals surface area contributed by atoms with Crippen molar-refractivity contribution in [3.63, 3.8) is 0 Å². The maximum atomic E-state index is 12.3. The van der Waals surface area contributed by atoms with Gasteiger partial charge in [-0.1, -0.05) is 37.6 Å². The number of ether oxygens (including phenoxy) is 3. The number of hydrogen-bond acceptors (Lipinski definition) is 4. The zero-order chi connectivity index (χ0) is 20.0. The first-order chi connectivity index (χ1) is 12.8. The zero-order valence-electron chi connectivity index (χ0n) is 16.3. The molecule has 0 aliphatic carbocycles. The second kappa shape index (κ2) is 9.51. The summed E-state index contributed by atoms with van der Waals surface area (Å²) in [6.07, 6.45) is -0.631. The molecule has 0 fully saturated rings. The van der Waals surface area contributed by atoms with Gasteiger partial charge in [-0.05, 0) is 42.2 Å². The molecule has 6 heteroatoms. The minimum Gasteiger partial charge on any atom is -0.493 e. The van der Waals surface area contributed by atoms with Crippen LogP contribution in [0, 0.1) is 0 Å². The predicted molar refractivity (Wildman–Crippen MR) is 107 cm³/mol. The largest absolute Gasteiger partial charge is 0.493 e. The third kappa shape index (κ3) is 5.54. The van der Waals surface area contributed by atoms with Crippen LogP contribution >= 0.6 is 11.6 Å². The Balaban J connectivity index is 1.96. The number of nitrogens with one attached hydrogen (secondary N) is 1. The fourth-order valence-electron chi connectivity index (χ4n) is 2.55. The van der Waals surface area contributed by atoms with E-state index in [0.29, 0.717) is 28.2 Å². The molecule has 5 nitrogen and oxygen atoms in total. The molecule has 0 aromatic heterocycles. The lowest BCUT2D eigenvalue weighted by molar-refractivity contribution is -0.127. The maximum Gasteiger partial charge on any atom is 0.261 e. The molecule has 0 radical (unpaired) electrons. The molecule has 0 spiro atoms. The third-order valence-electron chi connectivity index (χ3n) is 4.23. The number of benzene rings is 2. The summed E-state index contributed by atoms with van der Waals surface area (Å²) in [4.78, 5) is 12.3. The third-order valence-corrected chi connectivity index (χ3v) is 4.59. The van der Waals surface area contributed by atoms with Crippen molar-refractivity contribution in [1.29, 1.82) is 0 Å². The van der Waals surface area contributed by atoms with Gasteiger partial charge in [0.1, 0.15) is 5.75 Å². The van der Waals surface area contributed by atoms with Crippen LogP contribution in [0.25, 0.3) is 0 Å². The van der Waals surface area contributed by atoms with Crippen LogP contribution in [0.1, 0.15) is 37.8 Å². The van der Waals surface area contributed by atoms with E-state index >= 15 is 0 Å². The Morgan fingerprint density at radius 3 is 2.19 bits per heavy atom. The van der Waals surface area contributed by atoms with Crippen LogP contribution in [-0.2, 0) is 11.3 Å². The van der Waals surface area contributed by atoms with Crippen LogP contribution in [-0.4, -0.2) is 26.2 Å². The summed E-state index contributed by atoms with van der Waals surface area (Å²) < 4.78 is 16.2. The Hall–Kier alpha value is -2.40. The molecule has 2 aromatic carbocycles. The molecular formula is C21H26ClNO4. The Morgan fingerprint density at radius 2 is 1.63 bits per heavy atom. The van der Waals surface area contributed by atoms with Gasteiger partial charge in [-0.3, -0.25) is 4.79 Å². The fraction of sp³-hybridized carbons (Fsp3) is 0.381. The Kier molecular flexibility index (Phi) is 7.36. The number of amides is 1. The van der Waals surface area contributed by atoms with Crippen LogP contribution in [0.5, 0.6) is 17.2 Å². The van der Waals surface area contributed by atoms with Crippen molar-refractivity contribution >= 4 is 17.5 Å². The lowest BCUT2D eigenvalue weighted by Crippen LogP contribution is -2.36. The van der Waals surface area contributed by atoms with Crippen LogP contribution in [0.2, 0.25) is 5.02 Å². The first-order valence-electron chi connectivity index (χ1n) is 8.80. The summed E-state index contributed by atoms with van der Waals surface area (Å²) >= 11 is 6.25. The highest BCUT2D eigenvalue weighted by Crippen LogP contribution is 2.33. The number of hydrogen-bond donors (Lipinski definition) is 1. The van der Waals surface area contributed by atoms with Crippen molar-refractivity contribution in [2.45, 2.75) is 39.3 Å². The monoisotopic (exact) mass is 391 g/mol. The topological polar surface area (TPSA) is 56.8 Å². The lowest BCUT2D eigenvalue weighted by Gasteiger charge is -2.16. The smallest absolute Gasteiger partial charge is 0.261 e. The molecule has 146 valence electrons. The predicted octanol–water partition coefficient (Wildman–Crippen LogP) is 4.56. The van der Waals surface area contributed by atoms with Gasteiger partial charge in [-0.2, -0.15) is 0 Å². The van der Waals surface area contributed by atoms with Crippen LogP contribution in [0.15, 0.2) is 36.4 Å². The first-order valence-corrected chi connectivity index (χ1v) is 9.18. The van der Waals surface area contributed by atoms with E-state index < -0.39 is 6.10 Å². The summed E-state index contributed by atoms with van der Waals surface area (Å²) in [5.74, 6) is 1.98. The quantitative estimate of drug-likeness (QED) is 0.716. The van der Waals surface area contributed by atoms with Crippen molar-refractivity contribution in [3.05, 3.63) is 52.5 Å². The van der Waals surface area contributed by atoms with Gasteiger partial charge in [0.25, 0.3) is 5.91 Å². The van der Waals surface area contributed by atoms with E-state index in [4.69, 9.17) is 25.8 Å². The molecule has 1 amide bonds. The molecule has 0 aliphatic rings. The van der Waals surface area contributed by atoms with E-state index in [1.807, 2.05) is 24.3 Å². The minimum absolute atomic E-state index is 0.228. The number of rotatable bonds is 8. The first kappa shape index (κ1) is 20.9. The summed E-state index contributed by atoms with van der Waals surface area (Å²) in [7, 11) is 3.09. The summed E-state index contributed by atoms with van der Waals surface area (Å²) in [6.45, 7) is 6.23. The summed E-state index contributed by atoms with van der Waals surface area (Å²) in [5, 5.41) is 3.32. The normalized spacial score (nSPS) is 11.8. The zero-order valence-corrected chi connectivity index (χ0v) is 17.1. The van der Waals surface area contributed by atoms with Crippen molar-refractivity contribution in [3.8, 4) is 17.2 Å². The summed E-state index contributed by atoms with van der Waals surface area (Å²) in [5.41, 5.74) is 1.96. The molecule has 2 rings (SSSR count).